The van der Waals surface area contributed by atoms with Crippen molar-refractivity contribution in [3.05, 3.63) is 35.9 Å². The van der Waals surface area contributed by atoms with Crippen molar-refractivity contribution in [2.45, 2.75) is 45.4 Å². The SMILES string of the molecule is CCC(C)C(NC(=O)C(CCSC)NC(=O)OCc1ccccc1)C(N)=O. The Labute approximate surface area is 164 Å². The van der Waals surface area contributed by atoms with Crippen molar-refractivity contribution in [1.82, 2.24) is 10.6 Å². The molecule has 7 nitrogen and oxygen atoms in total. The summed E-state index contributed by atoms with van der Waals surface area (Å²) in [7, 11) is 0. The number of carbonyl (C=O) groups excluding carboxylic acids is 3. The fourth-order valence-electron chi connectivity index (χ4n) is 2.39. The summed E-state index contributed by atoms with van der Waals surface area (Å²) in [6.45, 7) is 3.87. The molecular formula is C19H29N3O4S. The highest BCUT2D eigenvalue weighted by Crippen LogP contribution is 2.09. The van der Waals surface area contributed by atoms with Gasteiger partial charge >= 0.3 is 6.09 Å². The van der Waals surface area contributed by atoms with E-state index in [1.54, 1.807) is 11.8 Å². The van der Waals surface area contributed by atoms with Crippen LogP contribution in [0.1, 0.15) is 32.3 Å². The van der Waals surface area contributed by atoms with Crippen LogP contribution in [0.3, 0.4) is 0 Å². The first-order valence-electron chi connectivity index (χ1n) is 8.94. The molecule has 3 atom stereocenters. The zero-order valence-corrected chi connectivity index (χ0v) is 16.9. The minimum atomic E-state index is -0.799. The van der Waals surface area contributed by atoms with E-state index in [1.165, 1.54) is 0 Å². The first kappa shape index (κ1) is 22.8. The van der Waals surface area contributed by atoms with Gasteiger partial charge in [-0.2, -0.15) is 11.8 Å². The van der Waals surface area contributed by atoms with Crippen molar-refractivity contribution in [2.24, 2.45) is 11.7 Å². The Bertz CT molecular complexity index is 612. The molecule has 3 amide bonds. The number of ether oxygens (including phenoxy) is 1. The van der Waals surface area contributed by atoms with E-state index in [4.69, 9.17) is 10.5 Å². The minimum absolute atomic E-state index is 0.0994. The lowest BCUT2D eigenvalue weighted by molar-refractivity contribution is -0.129. The van der Waals surface area contributed by atoms with Gasteiger partial charge in [0.25, 0.3) is 0 Å². The van der Waals surface area contributed by atoms with Gasteiger partial charge in [0.15, 0.2) is 0 Å². The van der Waals surface area contributed by atoms with Crippen LogP contribution < -0.4 is 16.4 Å². The van der Waals surface area contributed by atoms with Crippen molar-refractivity contribution in [1.29, 1.82) is 0 Å². The maximum atomic E-state index is 12.6. The molecule has 0 aromatic heterocycles. The van der Waals surface area contributed by atoms with Gasteiger partial charge in [-0.25, -0.2) is 4.79 Å². The molecular weight excluding hydrogens is 366 g/mol. The largest absolute Gasteiger partial charge is 0.445 e. The van der Waals surface area contributed by atoms with Gasteiger partial charge in [0, 0.05) is 0 Å². The van der Waals surface area contributed by atoms with Gasteiger partial charge in [0.2, 0.25) is 11.8 Å². The van der Waals surface area contributed by atoms with Crippen LogP contribution in [0.2, 0.25) is 0 Å². The second-order valence-electron chi connectivity index (χ2n) is 6.31. The maximum Gasteiger partial charge on any atom is 0.408 e. The van der Waals surface area contributed by atoms with Gasteiger partial charge in [-0.3, -0.25) is 9.59 Å². The third-order valence-corrected chi connectivity index (χ3v) is 4.89. The van der Waals surface area contributed by atoms with Crippen LogP contribution in [0.5, 0.6) is 0 Å². The predicted octanol–water partition coefficient (Wildman–Crippen LogP) is 2.05. The van der Waals surface area contributed by atoms with Crippen molar-refractivity contribution in [3.63, 3.8) is 0 Å². The van der Waals surface area contributed by atoms with Crippen molar-refractivity contribution >= 4 is 29.7 Å². The molecule has 0 radical (unpaired) electrons. The monoisotopic (exact) mass is 395 g/mol. The van der Waals surface area contributed by atoms with Crippen LogP contribution in [0.25, 0.3) is 0 Å². The van der Waals surface area contributed by atoms with Gasteiger partial charge in [0.1, 0.15) is 18.7 Å². The summed E-state index contributed by atoms with van der Waals surface area (Å²) in [5.41, 5.74) is 6.26. The number of rotatable bonds is 11. The van der Waals surface area contributed by atoms with Crippen molar-refractivity contribution in [2.75, 3.05) is 12.0 Å². The van der Waals surface area contributed by atoms with Gasteiger partial charge in [-0.1, -0.05) is 50.6 Å². The molecule has 0 spiro atoms. The Balaban J connectivity index is 2.68. The lowest BCUT2D eigenvalue weighted by Crippen LogP contribution is -2.55. The summed E-state index contributed by atoms with van der Waals surface area (Å²) in [5.74, 6) is -0.461. The summed E-state index contributed by atoms with van der Waals surface area (Å²) < 4.78 is 5.18. The minimum Gasteiger partial charge on any atom is -0.445 e. The summed E-state index contributed by atoms with van der Waals surface area (Å²) >= 11 is 1.56. The van der Waals surface area contributed by atoms with Crippen LogP contribution in [0.15, 0.2) is 30.3 Å². The molecule has 0 saturated heterocycles. The quantitative estimate of drug-likeness (QED) is 0.531. The molecule has 0 aliphatic carbocycles. The van der Waals surface area contributed by atoms with Gasteiger partial charge in [-0.15, -0.1) is 0 Å². The van der Waals surface area contributed by atoms with E-state index >= 15 is 0 Å². The number of nitrogens with one attached hydrogen (secondary N) is 2. The Kier molecular flexibility index (Phi) is 10.3. The number of amides is 3. The second kappa shape index (κ2) is 12.2. The molecule has 150 valence electrons. The van der Waals surface area contributed by atoms with Crippen LogP contribution in [-0.2, 0) is 20.9 Å². The molecule has 1 aromatic rings. The third kappa shape index (κ3) is 8.34. The Hall–Kier alpha value is -2.22. The van der Waals surface area contributed by atoms with E-state index in [0.29, 0.717) is 18.6 Å². The molecule has 27 heavy (non-hydrogen) atoms. The van der Waals surface area contributed by atoms with Gasteiger partial charge < -0.3 is 21.1 Å². The molecule has 3 unspecified atom stereocenters. The van der Waals surface area contributed by atoms with E-state index in [2.05, 4.69) is 10.6 Å². The lowest BCUT2D eigenvalue weighted by Gasteiger charge is -2.24. The summed E-state index contributed by atoms with van der Waals surface area (Å²) in [4.78, 5) is 36.3. The average molecular weight is 396 g/mol. The smallest absolute Gasteiger partial charge is 0.408 e. The topological polar surface area (TPSA) is 111 Å². The highest BCUT2D eigenvalue weighted by atomic mass is 32.2. The average Bonchev–Trinajstić information content (AvgIpc) is 2.67. The fourth-order valence-corrected chi connectivity index (χ4v) is 2.87. The second-order valence-corrected chi connectivity index (χ2v) is 7.30. The zero-order chi connectivity index (χ0) is 20.2. The normalized spacial score (nSPS) is 13.9. The highest BCUT2D eigenvalue weighted by molar-refractivity contribution is 7.98. The number of hydrogen-bond acceptors (Lipinski definition) is 5. The van der Waals surface area contributed by atoms with Crippen LogP contribution in [-0.4, -0.2) is 42.0 Å². The van der Waals surface area contributed by atoms with E-state index in [0.717, 1.165) is 5.56 Å². The molecule has 1 rings (SSSR count). The highest BCUT2D eigenvalue weighted by Gasteiger charge is 2.28. The standard InChI is InChI=1S/C19H29N3O4S/c1-4-13(2)16(17(20)23)22-18(24)15(10-11-27-3)21-19(25)26-12-14-8-6-5-7-9-14/h5-9,13,15-16H,4,10-12H2,1-3H3,(H2,20,23)(H,21,25)(H,22,24). The van der Waals surface area contributed by atoms with Crippen LogP contribution >= 0.6 is 11.8 Å². The summed E-state index contributed by atoms with van der Waals surface area (Å²) in [6, 6.07) is 7.68. The first-order chi connectivity index (χ1) is 12.9. The van der Waals surface area contributed by atoms with Gasteiger partial charge in [-0.05, 0) is 29.9 Å². The summed E-state index contributed by atoms with van der Waals surface area (Å²) in [5, 5.41) is 5.25. The molecule has 0 aliphatic rings. The maximum absolute atomic E-state index is 12.6. The number of benzene rings is 1. The first-order valence-corrected chi connectivity index (χ1v) is 10.3. The third-order valence-electron chi connectivity index (χ3n) is 4.25. The molecule has 0 bridgehead atoms. The molecule has 1 aromatic carbocycles. The number of hydrogen-bond donors (Lipinski definition) is 3. The molecule has 0 saturated carbocycles. The van der Waals surface area contributed by atoms with Crippen molar-refractivity contribution in [3.8, 4) is 0 Å². The molecule has 4 N–H and O–H groups in total. The Morgan fingerprint density at radius 2 is 1.85 bits per heavy atom. The van der Waals surface area contributed by atoms with E-state index in [-0.39, 0.29) is 12.5 Å². The van der Waals surface area contributed by atoms with E-state index < -0.39 is 30.0 Å². The Morgan fingerprint density at radius 1 is 1.19 bits per heavy atom. The number of alkyl carbamates (subject to hydrolysis) is 1. The number of primary amides is 1. The van der Waals surface area contributed by atoms with E-state index in [9.17, 15) is 14.4 Å². The lowest BCUT2D eigenvalue weighted by atomic mass is 9.98. The zero-order valence-electron chi connectivity index (χ0n) is 16.1. The fraction of sp³-hybridized carbons (Fsp3) is 0.526. The molecule has 0 heterocycles. The van der Waals surface area contributed by atoms with Gasteiger partial charge in [0.05, 0.1) is 0 Å². The molecule has 0 fully saturated rings. The van der Waals surface area contributed by atoms with Crippen molar-refractivity contribution < 1.29 is 19.1 Å². The molecule has 8 heteroatoms. The van der Waals surface area contributed by atoms with E-state index in [1.807, 2.05) is 50.4 Å². The molecule has 0 aliphatic heterocycles. The predicted molar refractivity (Wildman–Crippen MR) is 107 cm³/mol. The van der Waals surface area contributed by atoms with Crippen LogP contribution in [0, 0.1) is 5.92 Å². The number of thioether (sulfide) groups is 1. The number of carbonyl (C=O) groups is 3. The Morgan fingerprint density at radius 3 is 2.41 bits per heavy atom. The van der Waals surface area contributed by atoms with Crippen LogP contribution in [0.4, 0.5) is 4.79 Å². The number of nitrogens with two attached hydrogens (primary N) is 1. The summed E-state index contributed by atoms with van der Waals surface area (Å²) in [6.07, 6.45) is 2.34.